The largest absolute Gasteiger partial charge is 0.397 e. The van der Waals surface area contributed by atoms with Crippen LogP contribution in [0.15, 0.2) is 18.3 Å². The number of hydrogen-bond acceptors (Lipinski definition) is 7. The Balaban J connectivity index is 1.61. The molecule has 7 nitrogen and oxygen atoms in total. The molecule has 0 amide bonds. The molecule has 10 heteroatoms. The van der Waals surface area contributed by atoms with Gasteiger partial charge in [-0.1, -0.05) is 0 Å². The maximum absolute atomic E-state index is 13.6. The van der Waals surface area contributed by atoms with Crippen LogP contribution in [-0.4, -0.2) is 58.8 Å². The Hall–Kier alpha value is -1.85. The summed E-state index contributed by atoms with van der Waals surface area (Å²) in [6.07, 6.45) is -0.751. The molecule has 0 aromatic heterocycles. The second-order valence-electron chi connectivity index (χ2n) is 8.62. The number of nitrogens with zero attached hydrogens (tertiary/aromatic N) is 1. The van der Waals surface area contributed by atoms with Crippen LogP contribution in [0.4, 0.5) is 13.2 Å². The van der Waals surface area contributed by atoms with E-state index in [1.54, 1.807) is 32.6 Å². The summed E-state index contributed by atoms with van der Waals surface area (Å²) < 4.78 is 63.3. The first-order valence-corrected chi connectivity index (χ1v) is 9.64. The van der Waals surface area contributed by atoms with Crippen LogP contribution < -0.4 is 5.73 Å². The van der Waals surface area contributed by atoms with Gasteiger partial charge in [0, 0.05) is 11.8 Å². The highest BCUT2D eigenvalue weighted by atomic mass is 19.2. The molecule has 166 valence electrons. The second-order valence-corrected chi connectivity index (χ2v) is 8.62. The SMILES string of the molecule is CC1(C)OCC(C2C(C3OC(C)(C)OC3O)N2/C=C(\N)c2cc(F)c(F)c(F)c2)O1. The van der Waals surface area contributed by atoms with E-state index in [0.717, 1.165) is 12.1 Å². The Morgan fingerprint density at radius 2 is 1.70 bits per heavy atom. The number of aliphatic hydroxyl groups is 1. The van der Waals surface area contributed by atoms with Gasteiger partial charge in [-0.2, -0.15) is 0 Å². The van der Waals surface area contributed by atoms with Crippen molar-refractivity contribution in [3.05, 3.63) is 41.3 Å². The van der Waals surface area contributed by atoms with E-state index in [0.29, 0.717) is 6.61 Å². The lowest BCUT2D eigenvalue weighted by molar-refractivity contribution is -0.174. The van der Waals surface area contributed by atoms with Crippen molar-refractivity contribution < 1.29 is 37.2 Å². The first-order valence-electron chi connectivity index (χ1n) is 9.64. The fourth-order valence-electron chi connectivity index (χ4n) is 4.09. The zero-order valence-corrected chi connectivity index (χ0v) is 17.1. The molecule has 5 unspecified atom stereocenters. The highest BCUT2D eigenvalue weighted by Gasteiger charge is 2.62. The average Bonchev–Trinajstić information content (AvgIpc) is 3.08. The minimum absolute atomic E-state index is 0.0100. The minimum Gasteiger partial charge on any atom is -0.397 e. The van der Waals surface area contributed by atoms with Crippen molar-refractivity contribution >= 4 is 5.70 Å². The second kappa shape index (κ2) is 7.10. The summed E-state index contributed by atoms with van der Waals surface area (Å²) in [5.74, 6) is -5.98. The van der Waals surface area contributed by atoms with Crippen LogP contribution in [0.5, 0.6) is 0 Å². The van der Waals surface area contributed by atoms with Gasteiger partial charge in [-0.15, -0.1) is 0 Å². The minimum atomic E-state index is -1.56. The van der Waals surface area contributed by atoms with Gasteiger partial charge in [-0.3, -0.25) is 0 Å². The number of ether oxygens (including phenoxy) is 4. The fraction of sp³-hybridized carbons (Fsp3) is 0.600. The van der Waals surface area contributed by atoms with Gasteiger partial charge in [0.1, 0.15) is 12.2 Å². The third kappa shape index (κ3) is 3.90. The summed E-state index contributed by atoms with van der Waals surface area (Å²) in [6, 6.07) is 0.988. The van der Waals surface area contributed by atoms with E-state index in [9.17, 15) is 18.3 Å². The zero-order valence-electron chi connectivity index (χ0n) is 17.1. The third-order valence-corrected chi connectivity index (χ3v) is 5.41. The van der Waals surface area contributed by atoms with Crippen LogP contribution in [0.3, 0.4) is 0 Å². The fourth-order valence-corrected chi connectivity index (χ4v) is 4.09. The lowest BCUT2D eigenvalue weighted by Gasteiger charge is -2.17. The van der Waals surface area contributed by atoms with Crippen LogP contribution in [0.2, 0.25) is 0 Å². The molecule has 30 heavy (non-hydrogen) atoms. The number of rotatable bonds is 4. The monoisotopic (exact) mass is 430 g/mol. The molecule has 4 rings (SSSR count). The molecule has 3 N–H and O–H groups in total. The van der Waals surface area contributed by atoms with Gasteiger partial charge in [0.2, 0.25) is 0 Å². The molecule has 0 spiro atoms. The van der Waals surface area contributed by atoms with Gasteiger partial charge in [0.25, 0.3) is 0 Å². The summed E-state index contributed by atoms with van der Waals surface area (Å²) in [4.78, 5) is 1.77. The maximum Gasteiger partial charge on any atom is 0.194 e. The number of halogens is 3. The van der Waals surface area contributed by atoms with Crippen molar-refractivity contribution in [2.45, 2.75) is 69.9 Å². The van der Waals surface area contributed by atoms with E-state index in [4.69, 9.17) is 24.7 Å². The molecule has 0 aliphatic carbocycles. The van der Waals surface area contributed by atoms with Crippen molar-refractivity contribution in [3.8, 4) is 0 Å². The summed E-state index contributed by atoms with van der Waals surface area (Å²) >= 11 is 0. The average molecular weight is 430 g/mol. The van der Waals surface area contributed by atoms with Gasteiger partial charge in [-0.25, -0.2) is 13.2 Å². The van der Waals surface area contributed by atoms with Crippen LogP contribution >= 0.6 is 0 Å². The molecule has 3 saturated heterocycles. The topological polar surface area (TPSA) is 86.2 Å². The molecule has 1 aromatic carbocycles. The highest BCUT2D eigenvalue weighted by Crippen LogP contribution is 2.45. The number of nitrogens with two attached hydrogens (primary N) is 1. The maximum atomic E-state index is 13.6. The number of benzene rings is 1. The lowest BCUT2D eigenvalue weighted by atomic mass is 10.1. The highest BCUT2D eigenvalue weighted by molar-refractivity contribution is 5.63. The Kier molecular flexibility index (Phi) is 5.06. The van der Waals surface area contributed by atoms with E-state index < -0.39 is 41.4 Å². The third-order valence-electron chi connectivity index (χ3n) is 5.41. The summed E-state index contributed by atoms with van der Waals surface area (Å²) in [5.41, 5.74) is 6.05. The van der Waals surface area contributed by atoms with Gasteiger partial charge in [0.15, 0.2) is 35.3 Å². The molecule has 3 aliphatic rings. The molecule has 5 atom stereocenters. The van der Waals surface area contributed by atoms with E-state index in [-0.39, 0.29) is 29.4 Å². The van der Waals surface area contributed by atoms with E-state index >= 15 is 0 Å². The Labute approximate surface area is 172 Å². The van der Waals surface area contributed by atoms with Crippen LogP contribution in [-0.2, 0) is 18.9 Å². The molecule has 3 aliphatic heterocycles. The molecule has 1 aromatic rings. The first-order chi connectivity index (χ1) is 13.9. The molecule has 3 fully saturated rings. The number of hydrogen-bond donors (Lipinski definition) is 2. The summed E-state index contributed by atoms with van der Waals surface area (Å²) in [7, 11) is 0. The van der Waals surface area contributed by atoms with Crippen molar-refractivity contribution in [3.63, 3.8) is 0 Å². The number of aliphatic hydroxyl groups excluding tert-OH is 1. The Morgan fingerprint density at radius 3 is 2.20 bits per heavy atom. The van der Waals surface area contributed by atoms with Crippen molar-refractivity contribution in [1.82, 2.24) is 4.90 Å². The molecule has 3 heterocycles. The Morgan fingerprint density at radius 1 is 1.07 bits per heavy atom. The molecule has 0 bridgehead atoms. The quantitative estimate of drug-likeness (QED) is 0.559. The van der Waals surface area contributed by atoms with Crippen molar-refractivity contribution in [1.29, 1.82) is 0 Å². The van der Waals surface area contributed by atoms with Crippen molar-refractivity contribution in [2.75, 3.05) is 6.61 Å². The molecule has 0 saturated carbocycles. The van der Waals surface area contributed by atoms with E-state index in [1.807, 2.05) is 0 Å². The predicted octanol–water partition coefficient (Wildman–Crippen LogP) is 2.04. The Bertz CT molecular complexity index is 855. The molecular weight excluding hydrogens is 405 g/mol. The zero-order chi connectivity index (χ0) is 22.0. The standard InChI is InChI=1S/C20H25F3N2O5/c1-19(2)27-8-13(28-19)15-16(17-18(26)30-20(3,4)29-17)25(15)7-12(24)9-5-10(21)14(23)11(22)6-9/h5-7,13,15-18,26H,8,24H2,1-4H3/b12-7-. The predicted molar refractivity (Wildman–Crippen MR) is 98.8 cm³/mol. The first kappa shape index (κ1) is 21.4. The van der Waals surface area contributed by atoms with Crippen LogP contribution in [0.25, 0.3) is 5.70 Å². The molecular formula is C20H25F3N2O5. The van der Waals surface area contributed by atoms with Crippen LogP contribution in [0, 0.1) is 17.5 Å². The summed E-state index contributed by atoms with van der Waals surface area (Å²) in [5, 5.41) is 10.3. The van der Waals surface area contributed by atoms with Crippen LogP contribution in [0.1, 0.15) is 33.3 Å². The van der Waals surface area contributed by atoms with Crippen molar-refractivity contribution in [2.24, 2.45) is 5.73 Å². The van der Waals surface area contributed by atoms with Gasteiger partial charge in [-0.05, 0) is 39.8 Å². The van der Waals surface area contributed by atoms with E-state index in [2.05, 4.69) is 0 Å². The van der Waals surface area contributed by atoms with Gasteiger partial charge >= 0.3 is 0 Å². The molecule has 0 radical (unpaired) electrons. The summed E-state index contributed by atoms with van der Waals surface area (Å²) in [6.45, 7) is 7.26. The van der Waals surface area contributed by atoms with E-state index in [1.165, 1.54) is 6.20 Å². The lowest BCUT2D eigenvalue weighted by Crippen LogP contribution is -2.33. The van der Waals surface area contributed by atoms with Gasteiger partial charge in [0.05, 0.1) is 24.4 Å². The van der Waals surface area contributed by atoms with Gasteiger partial charge < -0.3 is 34.7 Å². The normalized spacial score (nSPS) is 35.1. The smallest absolute Gasteiger partial charge is 0.194 e.